The molecule has 8 heteroatoms. The summed E-state index contributed by atoms with van der Waals surface area (Å²) in [5, 5.41) is 2.68. The number of nitrogens with zero attached hydrogens (tertiary/aromatic N) is 1. The lowest BCUT2D eigenvalue weighted by Gasteiger charge is -2.17. The van der Waals surface area contributed by atoms with Gasteiger partial charge in [0.05, 0.1) is 18.2 Å². The first kappa shape index (κ1) is 24.8. The fourth-order valence-corrected chi connectivity index (χ4v) is 3.84. The minimum atomic E-state index is -0.649. The van der Waals surface area contributed by atoms with Gasteiger partial charge in [-0.25, -0.2) is 0 Å². The van der Waals surface area contributed by atoms with Gasteiger partial charge in [-0.15, -0.1) is 0 Å². The highest BCUT2D eigenvalue weighted by atomic mass is 16.5. The maximum Gasteiger partial charge on any atom is 0.311 e. The van der Waals surface area contributed by atoms with Crippen LogP contribution in [0.3, 0.4) is 0 Å². The largest absolute Gasteiger partial charge is 0.492 e. The zero-order chi connectivity index (χ0) is 25.5. The molecule has 4 rings (SSSR count). The summed E-state index contributed by atoms with van der Waals surface area (Å²) >= 11 is 0. The second-order valence-electron chi connectivity index (χ2n) is 8.40. The number of hydrogen-bond acceptors (Lipinski definition) is 6. The molecule has 3 aromatic carbocycles. The molecule has 1 fully saturated rings. The fraction of sp³-hybridized carbons (Fsp3) is 0.250. The Hall–Kier alpha value is -4.33. The second kappa shape index (κ2) is 11.4. The molecule has 1 aliphatic heterocycles. The van der Waals surface area contributed by atoms with Crippen LogP contribution in [0.2, 0.25) is 0 Å². The Morgan fingerprint density at radius 3 is 2.33 bits per heavy atom. The van der Waals surface area contributed by atoms with Crippen LogP contribution in [0.15, 0.2) is 72.8 Å². The van der Waals surface area contributed by atoms with Crippen LogP contribution in [-0.4, -0.2) is 37.5 Å². The molecule has 0 spiro atoms. The Bertz CT molecular complexity index is 1220. The average Bonchev–Trinajstić information content (AvgIpc) is 3.27. The molecule has 0 saturated carbocycles. The predicted octanol–water partition coefficient (Wildman–Crippen LogP) is 4.72. The summed E-state index contributed by atoms with van der Waals surface area (Å²) in [5.41, 5.74) is 2.31. The molecule has 1 atom stereocenters. The Morgan fingerprint density at radius 2 is 1.64 bits per heavy atom. The van der Waals surface area contributed by atoms with Gasteiger partial charge in [-0.3, -0.25) is 14.4 Å². The summed E-state index contributed by atoms with van der Waals surface area (Å²) in [7, 11) is 0. The minimum absolute atomic E-state index is 0.0231. The van der Waals surface area contributed by atoms with Crippen LogP contribution in [0.1, 0.15) is 18.9 Å². The Labute approximate surface area is 209 Å². The number of rotatable bonds is 9. The third-order valence-corrected chi connectivity index (χ3v) is 5.67. The summed E-state index contributed by atoms with van der Waals surface area (Å²) in [6, 6.07) is 21.8. The second-order valence-corrected chi connectivity index (χ2v) is 8.40. The number of anilines is 2. The summed E-state index contributed by atoms with van der Waals surface area (Å²) in [5.74, 6) is -0.00375. The van der Waals surface area contributed by atoms with E-state index in [-0.39, 0.29) is 18.9 Å². The van der Waals surface area contributed by atoms with E-state index in [4.69, 9.17) is 14.2 Å². The monoisotopic (exact) mass is 488 g/mol. The lowest BCUT2D eigenvalue weighted by Crippen LogP contribution is -2.28. The smallest absolute Gasteiger partial charge is 0.311 e. The molecule has 0 aliphatic carbocycles. The zero-order valence-corrected chi connectivity index (χ0v) is 20.2. The van der Waals surface area contributed by atoms with E-state index < -0.39 is 24.4 Å². The molecule has 0 aromatic heterocycles. The summed E-state index contributed by atoms with van der Waals surface area (Å²) in [4.78, 5) is 38.9. The van der Waals surface area contributed by atoms with Crippen LogP contribution in [0.5, 0.6) is 17.2 Å². The van der Waals surface area contributed by atoms with Gasteiger partial charge in [0.15, 0.2) is 6.61 Å². The lowest BCUT2D eigenvalue weighted by molar-refractivity contribution is -0.151. The molecule has 3 aromatic rings. The maximum absolute atomic E-state index is 12.6. The molecular weight excluding hydrogens is 460 g/mol. The molecule has 0 unspecified atom stereocenters. The molecular formula is C28H28N2O6. The number of ether oxygens (including phenoxy) is 3. The van der Waals surface area contributed by atoms with Gasteiger partial charge in [-0.1, -0.05) is 29.8 Å². The van der Waals surface area contributed by atoms with Crippen molar-refractivity contribution in [1.29, 1.82) is 0 Å². The fourth-order valence-electron chi connectivity index (χ4n) is 3.84. The number of carbonyl (C=O) groups excluding carboxylic acids is 3. The zero-order valence-electron chi connectivity index (χ0n) is 20.2. The number of para-hydroxylation sites is 2. The van der Waals surface area contributed by atoms with Gasteiger partial charge in [-0.05, 0) is 62.4 Å². The number of benzene rings is 3. The lowest BCUT2D eigenvalue weighted by atomic mass is 10.1. The average molecular weight is 489 g/mol. The van der Waals surface area contributed by atoms with Crippen molar-refractivity contribution in [1.82, 2.24) is 0 Å². The van der Waals surface area contributed by atoms with Gasteiger partial charge in [0.2, 0.25) is 5.91 Å². The number of carbonyl (C=O) groups is 3. The van der Waals surface area contributed by atoms with Crippen molar-refractivity contribution in [2.75, 3.05) is 30.0 Å². The standard InChI is InChI=1S/C28H28N2O6/c1-3-34-25-7-5-4-6-24(25)29-26(31)18-35-28(33)20-16-27(32)30(17-20)21-10-14-23(15-11-21)36-22-12-8-19(2)9-13-22/h4-15,20H,3,16-18H2,1-2H3,(H,29,31)/t20-/m0/s1. The van der Waals surface area contributed by atoms with Crippen molar-refractivity contribution >= 4 is 29.2 Å². The van der Waals surface area contributed by atoms with Crippen LogP contribution in [0.4, 0.5) is 11.4 Å². The van der Waals surface area contributed by atoms with Crippen LogP contribution in [-0.2, 0) is 19.1 Å². The predicted molar refractivity (Wildman–Crippen MR) is 135 cm³/mol. The number of nitrogens with one attached hydrogen (secondary N) is 1. The highest BCUT2D eigenvalue weighted by molar-refractivity contribution is 6.00. The highest BCUT2D eigenvalue weighted by Crippen LogP contribution is 2.29. The Morgan fingerprint density at radius 1 is 0.972 bits per heavy atom. The highest BCUT2D eigenvalue weighted by Gasteiger charge is 2.36. The first-order chi connectivity index (χ1) is 17.4. The molecule has 1 N–H and O–H groups in total. The quantitative estimate of drug-likeness (QED) is 0.438. The minimum Gasteiger partial charge on any atom is -0.492 e. The molecule has 1 heterocycles. The van der Waals surface area contributed by atoms with E-state index in [0.717, 1.165) is 11.3 Å². The van der Waals surface area contributed by atoms with Crippen LogP contribution in [0, 0.1) is 12.8 Å². The SMILES string of the molecule is CCOc1ccccc1NC(=O)COC(=O)[C@H]1CC(=O)N(c2ccc(Oc3ccc(C)cc3)cc2)C1. The van der Waals surface area contributed by atoms with Crippen molar-refractivity contribution in [3.8, 4) is 17.2 Å². The van der Waals surface area contributed by atoms with E-state index in [1.54, 1.807) is 53.4 Å². The van der Waals surface area contributed by atoms with Crippen LogP contribution in [0.25, 0.3) is 0 Å². The van der Waals surface area contributed by atoms with E-state index in [0.29, 0.717) is 29.5 Å². The first-order valence-electron chi connectivity index (χ1n) is 11.8. The van der Waals surface area contributed by atoms with Gasteiger partial charge in [0.25, 0.3) is 5.91 Å². The summed E-state index contributed by atoms with van der Waals surface area (Å²) in [6.07, 6.45) is 0.0231. The summed E-state index contributed by atoms with van der Waals surface area (Å²) in [6.45, 7) is 4.04. The maximum atomic E-state index is 12.6. The topological polar surface area (TPSA) is 94.2 Å². The van der Waals surface area contributed by atoms with Crippen molar-refractivity contribution in [3.05, 3.63) is 78.4 Å². The number of hydrogen-bond donors (Lipinski definition) is 1. The van der Waals surface area contributed by atoms with Crippen molar-refractivity contribution in [3.63, 3.8) is 0 Å². The molecule has 1 saturated heterocycles. The van der Waals surface area contributed by atoms with Gasteiger partial charge >= 0.3 is 5.97 Å². The molecule has 186 valence electrons. The van der Waals surface area contributed by atoms with E-state index >= 15 is 0 Å². The van der Waals surface area contributed by atoms with Gasteiger partial charge in [0, 0.05) is 18.7 Å². The van der Waals surface area contributed by atoms with E-state index in [9.17, 15) is 14.4 Å². The van der Waals surface area contributed by atoms with E-state index in [1.165, 1.54) is 0 Å². The molecule has 36 heavy (non-hydrogen) atoms. The Kier molecular flexibility index (Phi) is 7.85. The van der Waals surface area contributed by atoms with Gasteiger partial charge in [-0.2, -0.15) is 0 Å². The van der Waals surface area contributed by atoms with Crippen LogP contribution >= 0.6 is 0 Å². The number of amides is 2. The molecule has 0 radical (unpaired) electrons. The molecule has 8 nitrogen and oxygen atoms in total. The number of aryl methyl sites for hydroxylation is 1. The van der Waals surface area contributed by atoms with Gasteiger partial charge < -0.3 is 24.4 Å². The first-order valence-corrected chi connectivity index (χ1v) is 11.8. The van der Waals surface area contributed by atoms with Crippen molar-refractivity contribution in [2.24, 2.45) is 5.92 Å². The van der Waals surface area contributed by atoms with E-state index in [1.807, 2.05) is 38.1 Å². The van der Waals surface area contributed by atoms with Crippen molar-refractivity contribution in [2.45, 2.75) is 20.3 Å². The number of esters is 1. The molecule has 0 bridgehead atoms. The molecule has 2 amide bonds. The van der Waals surface area contributed by atoms with Crippen molar-refractivity contribution < 1.29 is 28.6 Å². The third-order valence-electron chi connectivity index (χ3n) is 5.67. The Balaban J connectivity index is 1.29. The van der Waals surface area contributed by atoms with Gasteiger partial charge in [0.1, 0.15) is 17.2 Å². The molecule has 1 aliphatic rings. The third kappa shape index (κ3) is 6.21. The normalized spacial score (nSPS) is 14.9. The summed E-state index contributed by atoms with van der Waals surface area (Å²) < 4.78 is 16.5. The van der Waals surface area contributed by atoms with Crippen LogP contribution < -0.4 is 19.7 Å². The van der Waals surface area contributed by atoms with E-state index in [2.05, 4.69) is 5.32 Å².